The number of hydrogen-bond donors (Lipinski definition) is 3. The maximum atomic E-state index is 15.8. The molecule has 0 saturated carbocycles. The van der Waals surface area contributed by atoms with Gasteiger partial charge < -0.3 is 20.3 Å². The third-order valence-electron chi connectivity index (χ3n) is 7.94. The number of rotatable bonds is 9. The van der Waals surface area contributed by atoms with Crippen LogP contribution in [-0.2, 0) is 6.42 Å². The van der Waals surface area contributed by atoms with Crippen molar-refractivity contribution in [1.29, 1.82) is 0 Å². The monoisotopic (exact) mass is 502 g/mol. The van der Waals surface area contributed by atoms with Crippen LogP contribution in [0.4, 0.5) is 13.2 Å². The molecule has 3 aliphatic rings. The Kier molecular flexibility index (Phi) is 7.58. The molecule has 0 radical (unpaired) electrons. The largest absolute Gasteiger partial charge is 0.396 e. The summed E-state index contributed by atoms with van der Waals surface area (Å²) in [6.45, 7) is 6.56. The molecule has 1 aliphatic carbocycles. The van der Waals surface area contributed by atoms with E-state index in [2.05, 4.69) is 33.1 Å². The smallest absolute Gasteiger partial charge is 0.128 e. The Labute approximate surface area is 211 Å². The number of para-hydroxylation sites is 1. The molecule has 2 aromatic rings. The quantitative estimate of drug-likeness (QED) is 0.470. The Balaban J connectivity index is 1.42. The zero-order valence-corrected chi connectivity index (χ0v) is 21.1. The van der Waals surface area contributed by atoms with Crippen molar-refractivity contribution in [2.24, 2.45) is 5.92 Å². The average molecular weight is 503 g/mol. The molecular formula is C28H37F3N4O. The fourth-order valence-electron chi connectivity index (χ4n) is 6.11. The van der Waals surface area contributed by atoms with Gasteiger partial charge in [0.25, 0.3) is 0 Å². The van der Waals surface area contributed by atoms with Gasteiger partial charge in [-0.1, -0.05) is 25.1 Å². The summed E-state index contributed by atoms with van der Waals surface area (Å²) in [6, 6.07) is 7.25. The number of nitrogens with one attached hydrogen (secondary N) is 2. The van der Waals surface area contributed by atoms with Gasteiger partial charge in [-0.25, -0.2) is 8.78 Å². The SMILES string of the molecule is C[C@@H](CO)CN1[C@H](C)Cc2c([nH]c3ccccc23)[C@H]1C1=C(F)CC(NC2CN(CCCF)C2)C=C1F. The Hall–Kier alpha value is -2.13. The van der Waals surface area contributed by atoms with E-state index in [9.17, 15) is 9.50 Å². The van der Waals surface area contributed by atoms with E-state index < -0.39 is 23.7 Å². The molecule has 5 rings (SSSR count). The first kappa shape index (κ1) is 25.5. The van der Waals surface area contributed by atoms with Gasteiger partial charge >= 0.3 is 0 Å². The third kappa shape index (κ3) is 4.88. The number of halogens is 3. The first-order chi connectivity index (χ1) is 17.4. The van der Waals surface area contributed by atoms with Crippen molar-refractivity contribution in [3.05, 3.63) is 58.8 Å². The fraction of sp³-hybridized carbons (Fsp3) is 0.571. The lowest BCUT2D eigenvalue weighted by Gasteiger charge is -2.44. The minimum Gasteiger partial charge on any atom is -0.396 e. The van der Waals surface area contributed by atoms with Crippen LogP contribution < -0.4 is 5.32 Å². The van der Waals surface area contributed by atoms with Gasteiger partial charge in [-0.15, -0.1) is 0 Å². The number of fused-ring (bicyclic) bond motifs is 3. The molecule has 3 heterocycles. The summed E-state index contributed by atoms with van der Waals surface area (Å²) < 4.78 is 44.0. The molecule has 0 amide bonds. The highest BCUT2D eigenvalue weighted by molar-refractivity contribution is 5.85. The van der Waals surface area contributed by atoms with Gasteiger partial charge in [-0.3, -0.25) is 9.29 Å². The van der Waals surface area contributed by atoms with Crippen molar-refractivity contribution in [3.63, 3.8) is 0 Å². The third-order valence-corrected chi connectivity index (χ3v) is 7.94. The van der Waals surface area contributed by atoms with Crippen molar-refractivity contribution < 1.29 is 18.3 Å². The van der Waals surface area contributed by atoms with E-state index in [0.717, 1.165) is 48.2 Å². The summed E-state index contributed by atoms with van der Waals surface area (Å²) in [5.41, 5.74) is 3.05. The van der Waals surface area contributed by atoms with Crippen LogP contribution in [0.3, 0.4) is 0 Å². The molecule has 1 unspecified atom stereocenters. The fourth-order valence-corrected chi connectivity index (χ4v) is 6.11. The Morgan fingerprint density at radius 2 is 1.97 bits per heavy atom. The normalized spacial score (nSPS) is 26.7. The molecule has 1 aromatic heterocycles. The van der Waals surface area contributed by atoms with Gasteiger partial charge in [-0.05, 0) is 43.4 Å². The number of nitrogens with zero attached hydrogens (tertiary/aromatic N) is 2. The number of aliphatic hydroxyl groups excluding tert-OH is 1. The van der Waals surface area contributed by atoms with Gasteiger partial charge in [0.05, 0.1) is 12.7 Å². The molecule has 36 heavy (non-hydrogen) atoms. The Morgan fingerprint density at radius 1 is 1.19 bits per heavy atom. The van der Waals surface area contributed by atoms with Gasteiger partial charge in [0, 0.05) is 79.5 Å². The number of hydrogen-bond acceptors (Lipinski definition) is 4. The predicted octanol–water partition coefficient (Wildman–Crippen LogP) is 4.57. The number of alkyl halides is 1. The van der Waals surface area contributed by atoms with Crippen molar-refractivity contribution in [1.82, 2.24) is 20.1 Å². The summed E-state index contributed by atoms with van der Waals surface area (Å²) in [6.07, 6.45) is 2.93. The highest BCUT2D eigenvalue weighted by atomic mass is 19.1. The zero-order valence-electron chi connectivity index (χ0n) is 21.1. The van der Waals surface area contributed by atoms with Gasteiger partial charge in [0.2, 0.25) is 0 Å². The van der Waals surface area contributed by atoms with E-state index in [4.69, 9.17) is 0 Å². The van der Waals surface area contributed by atoms with Crippen LogP contribution in [0.2, 0.25) is 0 Å². The maximum Gasteiger partial charge on any atom is 0.128 e. The van der Waals surface area contributed by atoms with E-state index >= 15 is 8.78 Å². The number of benzene rings is 1. The lowest BCUT2D eigenvalue weighted by molar-refractivity contribution is 0.0994. The highest BCUT2D eigenvalue weighted by Crippen LogP contribution is 2.46. The number of likely N-dealkylation sites (tertiary alicyclic amines) is 1. The van der Waals surface area contributed by atoms with Gasteiger partial charge in [-0.2, -0.15) is 0 Å². The van der Waals surface area contributed by atoms with E-state index in [-0.39, 0.29) is 43.3 Å². The summed E-state index contributed by atoms with van der Waals surface area (Å²) in [4.78, 5) is 7.78. The summed E-state index contributed by atoms with van der Waals surface area (Å²) in [5, 5.41) is 14.2. The van der Waals surface area contributed by atoms with Crippen molar-refractivity contribution in [2.75, 3.05) is 39.5 Å². The lowest BCUT2D eigenvalue weighted by Crippen LogP contribution is -2.60. The molecule has 3 N–H and O–H groups in total. The minimum absolute atomic E-state index is 0.0189. The van der Waals surface area contributed by atoms with Crippen LogP contribution in [0, 0.1) is 5.92 Å². The predicted molar refractivity (Wildman–Crippen MR) is 137 cm³/mol. The number of aromatic amines is 1. The van der Waals surface area contributed by atoms with Crippen LogP contribution in [0.5, 0.6) is 0 Å². The second kappa shape index (κ2) is 10.7. The van der Waals surface area contributed by atoms with Gasteiger partial charge in [0.1, 0.15) is 11.7 Å². The molecule has 0 spiro atoms. The molecule has 5 nitrogen and oxygen atoms in total. The van der Waals surface area contributed by atoms with E-state index in [1.54, 1.807) is 0 Å². The van der Waals surface area contributed by atoms with E-state index in [1.165, 1.54) is 6.08 Å². The standard InChI is InChI=1S/C28H37F3N4O/c1-17(16-36)13-35-18(2)10-22-21-6-3-4-7-25(21)33-27(22)28(35)26-23(30)11-19(12-24(26)31)32-20-14-34(15-20)9-5-8-29/h3-4,6-7,11,17-20,28,32-33,36H,5,8-10,12-16H2,1-2H3/t17-,18-,19?,28-/m1/s1. The molecule has 4 atom stereocenters. The minimum atomic E-state index is -0.581. The first-order valence-corrected chi connectivity index (χ1v) is 13.2. The second-order valence-electron chi connectivity index (χ2n) is 10.8. The summed E-state index contributed by atoms with van der Waals surface area (Å²) >= 11 is 0. The number of H-pyrrole nitrogens is 1. The van der Waals surface area contributed by atoms with Crippen LogP contribution in [0.1, 0.15) is 44.0 Å². The molecule has 1 saturated heterocycles. The number of aromatic nitrogens is 1. The van der Waals surface area contributed by atoms with Crippen LogP contribution in [0.25, 0.3) is 10.9 Å². The van der Waals surface area contributed by atoms with Crippen molar-refractivity contribution in [3.8, 4) is 0 Å². The molecule has 2 aliphatic heterocycles. The van der Waals surface area contributed by atoms with Gasteiger partial charge in [0.15, 0.2) is 0 Å². The highest BCUT2D eigenvalue weighted by Gasteiger charge is 2.41. The topological polar surface area (TPSA) is 54.5 Å². The first-order valence-electron chi connectivity index (χ1n) is 13.2. The molecule has 8 heteroatoms. The van der Waals surface area contributed by atoms with Crippen LogP contribution >= 0.6 is 0 Å². The molecule has 1 fully saturated rings. The summed E-state index contributed by atoms with van der Waals surface area (Å²) in [5.74, 6) is -0.963. The van der Waals surface area contributed by atoms with E-state index in [1.807, 2.05) is 25.1 Å². The summed E-state index contributed by atoms with van der Waals surface area (Å²) in [7, 11) is 0. The van der Waals surface area contributed by atoms with Crippen molar-refractivity contribution in [2.45, 2.75) is 57.3 Å². The number of aliphatic hydroxyl groups is 1. The Morgan fingerprint density at radius 3 is 2.69 bits per heavy atom. The van der Waals surface area contributed by atoms with E-state index in [0.29, 0.717) is 13.0 Å². The molecule has 1 aromatic carbocycles. The van der Waals surface area contributed by atoms with Crippen molar-refractivity contribution >= 4 is 10.9 Å². The Bertz CT molecular complexity index is 1140. The molecule has 196 valence electrons. The zero-order chi connectivity index (χ0) is 25.4. The molecule has 0 bridgehead atoms. The average Bonchev–Trinajstić information content (AvgIpc) is 3.19. The molecular weight excluding hydrogens is 465 g/mol. The van der Waals surface area contributed by atoms with Crippen LogP contribution in [-0.4, -0.2) is 77.5 Å². The lowest BCUT2D eigenvalue weighted by atomic mass is 9.84. The maximum absolute atomic E-state index is 15.8. The second-order valence-corrected chi connectivity index (χ2v) is 10.8. The van der Waals surface area contributed by atoms with Crippen LogP contribution in [0.15, 0.2) is 47.6 Å².